The SMILES string of the molecule is COc1ccc(/C=C/C(=O)c2ccc(S(C)(=O)=O)cc2)cc1Br. The molecule has 0 amide bonds. The van der Waals surface area contributed by atoms with Crippen molar-refractivity contribution in [2.24, 2.45) is 0 Å². The number of allylic oxidation sites excluding steroid dienone is 1. The molecule has 23 heavy (non-hydrogen) atoms. The molecule has 0 aliphatic carbocycles. The van der Waals surface area contributed by atoms with Crippen molar-refractivity contribution in [2.75, 3.05) is 13.4 Å². The number of hydrogen-bond acceptors (Lipinski definition) is 4. The van der Waals surface area contributed by atoms with Crippen LogP contribution in [0.15, 0.2) is 57.9 Å². The van der Waals surface area contributed by atoms with Gasteiger partial charge in [-0.3, -0.25) is 4.79 Å². The molecule has 0 radical (unpaired) electrons. The summed E-state index contributed by atoms with van der Waals surface area (Å²) in [6, 6.07) is 11.4. The molecule has 4 nitrogen and oxygen atoms in total. The van der Waals surface area contributed by atoms with E-state index in [1.807, 2.05) is 12.1 Å². The molecule has 0 unspecified atom stereocenters. The number of carbonyl (C=O) groups is 1. The van der Waals surface area contributed by atoms with Gasteiger partial charge >= 0.3 is 0 Å². The Morgan fingerprint density at radius 1 is 1.13 bits per heavy atom. The highest BCUT2D eigenvalue weighted by Crippen LogP contribution is 2.26. The molecule has 120 valence electrons. The standard InChI is InChI=1S/C17H15BrO4S/c1-22-17-10-4-12(11-15(17)18)3-9-16(19)13-5-7-14(8-6-13)23(2,20)21/h3-11H,1-2H3/b9-3+. The number of halogens is 1. The number of sulfone groups is 1. The van der Waals surface area contributed by atoms with Crippen LogP contribution in [-0.4, -0.2) is 27.6 Å². The zero-order valence-electron chi connectivity index (χ0n) is 12.6. The zero-order valence-corrected chi connectivity index (χ0v) is 15.0. The monoisotopic (exact) mass is 394 g/mol. The summed E-state index contributed by atoms with van der Waals surface area (Å²) in [4.78, 5) is 12.3. The van der Waals surface area contributed by atoms with E-state index in [0.29, 0.717) is 11.3 Å². The Morgan fingerprint density at radius 3 is 2.30 bits per heavy atom. The Bertz CT molecular complexity index is 853. The summed E-state index contributed by atoms with van der Waals surface area (Å²) < 4.78 is 28.7. The highest BCUT2D eigenvalue weighted by molar-refractivity contribution is 9.10. The Morgan fingerprint density at radius 2 is 1.78 bits per heavy atom. The second kappa shape index (κ2) is 7.10. The van der Waals surface area contributed by atoms with Gasteiger partial charge in [-0.2, -0.15) is 0 Å². The van der Waals surface area contributed by atoms with Gasteiger partial charge in [-0.25, -0.2) is 8.42 Å². The summed E-state index contributed by atoms with van der Waals surface area (Å²) in [5.41, 5.74) is 1.28. The predicted molar refractivity (Wildman–Crippen MR) is 93.6 cm³/mol. The smallest absolute Gasteiger partial charge is 0.185 e. The highest BCUT2D eigenvalue weighted by Gasteiger charge is 2.08. The number of methoxy groups -OCH3 is 1. The molecule has 0 aliphatic rings. The van der Waals surface area contributed by atoms with Crippen molar-refractivity contribution in [1.29, 1.82) is 0 Å². The molecule has 6 heteroatoms. The summed E-state index contributed by atoms with van der Waals surface area (Å²) in [6.07, 6.45) is 4.27. The number of ketones is 1. The summed E-state index contributed by atoms with van der Waals surface area (Å²) in [7, 11) is -1.68. The molecule has 0 aliphatic heterocycles. The first-order chi connectivity index (χ1) is 10.8. The molecule has 0 spiro atoms. The molecular formula is C17H15BrO4S. The summed E-state index contributed by atoms with van der Waals surface area (Å²) >= 11 is 3.39. The Kier molecular flexibility index (Phi) is 5.38. The summed E-state index contributed by atoms with van der Waals surface area (Å²) in [6.45, 7) is 0. The number of ether oxygens (including phenoxy) is 1. The predicted octanol–water partition coefficient (Wildman–Crippen LogP) is 3.76. The van der Waals surface area contributed by atoms with Crippen LogP contribution in [0.25, 0.3) is 6.08 Å². The lowest BCUT2D eigenvalue weighted by molar-refractivity contribution is 0.104. The molecule has 0 bridgehead atoms. The zero-order chi connectivity index (χ0) is 17.0. The van der Waals surface area contributed by atoms with Crippen molar-refractivity contribution >= 4 is 37.6 Å². The van der Waals surface area contributed by atoms with E-state index in [4.69, 9.17) is 4.74 Å². The third kappa shape index (κ3) is 4.53. The molecule has 0 fully saturated rings. The van der Waals surface area contributed by atoms with Gasteiger partial charge in [0.2, 0.25) is 0 Å². The van der Waals surface area contributed by atoms with Crippen LogP contribution < -0.4 is 4.74 Å². The van der Waals surface area contributed by atoms with E-state index < -0.39 is 9.84 Å². The summed E-state index contributed by atoms with van der Waals surface area (Å²) in [5.74, 6) is 0.516. The second-order valence-corrected chi connectivity index (χ2v) is 7.76. The maximum absolute atomic E-state index is 12.1. The van der Waals surface area contributed by atoms with E-state index >= 15 is 0 Å². The third-order valence-electron chi connectivity index (χ3n) is 3.17. The molecule has 2 aromatic carbocycles. The van der Waals surface area contributed by atoms with Gasteiger partial charge in [0, 0.05) is 11.8 Å². The topological polar surface area (TPSA) is 60.4 Å². The highest BCUT2D eigenvalue weighted by atomic mass is 79.9. The number of hydrogen-bond donors (Lipinski definition) is 0. The van der Waals surface area contributed by atoms with E-state index in [0.717, 1.165) is 16.3 Å². The van der Waals surface area contributed by atoms with Crippen LogP contribution in [0.3, 0.4) is 0 Å². The Balaban J connectivity index is 2.17. The van der Waals surface area contributed by atoms with E-state index in [1.165, 1.54) is 30.3 Å². The first kappa shape index (κ1) is 17.4. The van der Waals surface area contributed by atoms with Gasteiger partial charge in [-0.1, -0.05) is 12.1 Å². The van der Waals surface area contributed by atoms with Crippen LogP contribution in [0.1, 0.15) is 15.9 Å². The number of rotatable bonds is 5. The van der Waals surface area contributed by atoms with Gasteiger partial charge in [-0.15, -0.1) is 0 Å². The van der Waals surface area contributed by atoms with Gasteiger partial charge in [0.25, 0.3) is 0 Å². The van der Waals surface area contributed by atoms with Crippen molar-refractivity contribution in [3.05, 3.63) is 64.1 Å². The van der Waals surface area contributed by atoms with E-state index in [2.05, 4.69) is 15.9 Å². The lowest BCUT2D eigenvalue weighted by atomic mass is 10.1. The maximum atomic E-state index is 12.1. The second-order valence-electron chi connectivity index (χ2n) is 4.89. The van der Waals surface area contributed by atoms with Gasteiger partial charge in [-0.05, 0) is 64.0 Å². The van der Waals surface area contributed by atoms with Crippen LogP contribution in [0.2, 0.25) is 0 Å². The lowest BCUT2D eigenvalue weighted by Crippen LogP contribution is -1.99. The fourth-order valence-corrected chi connectivity index (χ4v) is 3.11. The van der Waals surface area contributed by atoms with Crippen LogP contribution in [0, 0.1) is 0 Å². The minimum Gasteiger partial charge on any atom is -0.496 e. The summed E-state index contributed by atoms with van der Waals surface area (Å²) in [5, 5.41) is 0. The molecule has 2 rings (SSSR count). The maximum Gasteiger partial charge on any atom is 0.185 e. The average molecular weight is 395 g/mol. The molecule has 0 atom stereocenters. The molecule has 0 saturated heterocycles. The number of benzene rings is 2. The normalized spacial score (nSPS) is 11.6. The van der Waals surface area contributed by atoms with Crippen molar-refractivity contribution in [3.63, 3.8) is 0 Å². The van der Waals surface area contributed by atoms with Gasteiger partial charge < -0.3 is 4.74 Å². The largest absolute Gasteiger partial charge is 0.496 e. The average Bonchev–Trinajstić information content (AvgIpc) is 2.52. The quantitative estimate of drug-likeness (QED) is 0.572. The molecule has 2 aromatic rings. The molecule has 0 aromatic heterocycles. The van der Waals surface area contributed by atoms with E-state index in [-0.39, 0.29) is 10.7 Å². The molecule has 0 saturated carbocycles. The van der Waals surface area contributed by atoms with E-state index in [9.17, 15) is 13.2 Å². The van der Waals surface area contributed by atoms with E-state index in [1.54, 1.807) is 19.3 Å². The first-order valence-electron chi connectivity index (χ1n) is 6.67. The Labute approximate surface area is 143 Å². The Hall–Kier alpha value is -1.92. The van der Waals surface area contributed by atoms with Gasteiger partial charge in [0.15, 0.2) is 15.6 Å². The van der Waals surface area contributed by atoms with Gasteiger partial charge in [0.1, 0.15) is 5.75 Å². The van der Waals surface area contributed by atoms with Crippen LogP contribution in [0.4, 0.5) is 0 Å². The van der Waals surface area contributed by atoms with Crippen LogP contribution >= 0.6 is 15.9 Å². The van der Waals surface area contributed by atoms with Crippen LogP contribution in [-0.2, 0) is 9.84 Å². The lowest BCUT2D eigenvalue weighted by Gasteiger charge is -2.03. The number of carbonyl (C=O) groups excluding carboxylic acids is 1. The first-order valence-corrected chi connectivity index (χ1v) is 9.36. The molecule has 0 N–H and O–H groups in total. The fourth-order valence-electron chi connectivity index (χ4n) is 1.92. The minimum atomic E-state index is -3.26. The van der Waals surface area contributed by atoms with Crippen molar-refractivity contribution in [1.82, 2.24) is 0 Å². The van der Waals surface area contributed by atoms with Crippen LogP contribution in [0.5, 0.6) is 5.75 Å². The minimum absolute atomic E-state index is 0.192. The third-order valence-corrected chi connectivity index (χ3v) is 4.92. The van der Waals surface area contributed by atoms with Gasteiger partial charge in [0.05, 0.1) is 16.5 Å². The van der Waals surface area contributed by atoms with Crippen molar-refractivity contribution in [3.8, 4) is 5.75 Å². The molecular weight excluding hydrogens is 380 g/mol. The molecule has 0 heterocycles. The fraction of sp³-hybridized carbons (Fsp3) is 0.118. The van der Waals surface area contributed by atoms with Crippen molar-refractivity contribution < 1.29 is 17.9 Å². The van der Waals surface area contributed by atoms with Crippen molar-refractivity contribution in [2.45, 2.75) is 4.90 Å².